The molecule has 2 aliphatic rings. The molecule has 0 saturated heterocycles. The van der Waals surface area contributed by atoms with E-state index in [-0.39, 0.29) is 24.4 Å². The number of ether oxygens (including phenoxy) is 1. The van der Waals surface area contributed by atoms with Gasteiger partial charge in [0.15, 0.2) is 6.61 Å². The minimum Gasteiger partial charge on any atom is -0.457 e. The molecule has 8 nitrogen and oxygen atoms in total. The lowest BCUT2D eigenvalue weighted by Crippen LogP contribution is -2.29. The SMILES string of the molecule is C=C1c2ccccc2C(=O)N1CCC(=O)OCC(=O)C(C#N)=C1N(C)c2ccccc2N1C. The molecule has 33 heavy (non-hydrogen) atoms. The molecule has 0 N–H and O–H groups in total. The van der Waals surface area contributed by atoms with Gasteiger partial charge >= 0.3 is 5.97 Å². The smallest absolute Gasteiger partial charge is 0.308 e. The zero-order valence-corrected chi connectivity index (χ0v) is 18.4. The largest absolute Gasteiger partial charge is 0.457 e. The number of benzene rings is 2. The number of carbonyl (C=O) groups excluding carboxylic acids is 3. The van der Waals surface area contributed by atoms with Crippen molar-refractivity contribution in [3.8, 4) is 6.07 Å². The number of para-hydroxylation sites is 2. The van der Waals surface area contributed by atoms with Crippen LogP contribution >= 0.6 is 0 Å². The highest BCUT2D eigenvalue weighted by molar-refractivity contribution is 6.09. The number of amides is 1. The number of hydrogen-bond acceptors (Lipinski definition) is 7. The fraction of sp³-hybridized carbons (Fsp3) is 0.200. The Morgan fingerprint density at radius 1 is 1.00 bits per heavy atom. The summed E-state index contributed by atoms with van der Waals surface area (Å²) in [5.74, 6) is -1.03. The normalized spacial score (nSPS) is 14.2. The highest BCUT2D eigenvalue weighted by Crippen LogP contribution is 2.40. The molecule has 0 spiro atoms. The fourth-order valence-electron chi connectivity index (χ4n) is 4.12. The summed E-state index contributed by atoms with van der Waals surface area (Å²) in [4.78, 5) is 42.5. The van der Waals surface area contributed by atoms with Gasteiger partial charge in [-0.3, -0.25) is 14.4 Å². The first-order chi connectivity index (χ1) is 15.8. The number of carbonyl (C=O) groups is 3. The average molecular weight is 442 g/mol. The molecule has 0 saturated carbocycles. The van der Waals surface area contributed by atoms with Crippen LogP contribution in [0.5, 0.6) is 0 Å². The van der Waals surface area contributed by atoms with Gasteiger partial charge in [0.1, 0.15) is 17.5 Å². The Kier molecular flexibility index (Phi) is 5.71. The standard InChI is InChI=1S/C25H22N4O4/c1-16-17-8-4-5-9-18(17)25(32)29(16)13-12-23(31)33-15-22(30)19(14-26)24-27(2)20-10-6-7-11-21(20)28(24)3/h4-11H,1,12-13,15H2,2-3H3. The molecule has 1 amide bonds. The lowest BCUT2D eigenvalue weighted by atomic mass is 10.1. The second kappa shape index (κ2) is 8.63. The zero-order valence-electron chi connectivity index (χ0n) is 18.4. The van der Waals surface area contributed by atoms with Gasteiger partial charge in [-0.15, -0.1) is 0 Å². The molecule has 2 aliphatic heterocycles. The average Bonchev–Trinajstić information content (AvgIpc) is 3.22. The van der Waals surface area contributed by atoms with Crippen molar-refractivity contribution in [1.82, 2.24) is 4.90 Å². The van der Waals surface area contributed by atoms with Crippen molar-refractivity contribution in [3.63, 3.8) is 0 Å². The van der Waals surface area contributed by atoms with Gasteiger partial charge in [0.2, 0.25) is 5.78 Å². The predicted octanol–water partition coefficient (Wildman–Crippen LogP) is 2.94. The van der Waals surface area contributed by atoms with Crippen LogP contribution in [0.3, 0.4) is 0 Å². The Morgan fingerprint density at radius 3 is 2.15 bits per heavy atom. The van der Waals surface area contributed by atoms with Crippen LogP contribution in [-0.2, 0) is 14.3 Å². The molecule has 0 aromatic heterocycles. The lowest BCUT2D eigenvalue weighted by molar-refractivity contribution is -0.147. The Balaban J connectivity index is 1.38. The van der Waals surface area contributed by atoms with E-state index in [1.165, 1.54) is 4.90 Å². The lowest BCUT2D eigenvalue weighted by Gasteiger charge is -2.20. The Hall–Kier alpha value is -4.38. The summed E-state index contributed by atoms with van der Waals surface area (Å²) in [5.41, 5.74) is 3.45. The number of nitrogens with zero attached hydrogens (tertiary/aromatic N) is 4. The number of rotatable bonds is 6. The van der Waals surface area contributed by atoms with Crippen molar-refractivity contribution >= 4 is 34.7 Å². The molecule has 0 bridgehead atoms. The second-order valence-electron chi connectivity index (χ2n) is 7.70. The maximum Gasteiger partial charge on any atom is 0.308 e. The third kappa shape index (κ3) is 3.74. The van der Waals surface area contributed by atoms with Crippen LogP contribution in [0.25, 0.3) is 5.70 Å². The van der Waals surface area contributed by atoms with Crippen LogP contribution in [0.4, 0.5) is 11.4 Å². The van der Waals surface area contributed by atoms with E-state index < -0.39 is 18.4 Å². The Labute approximate surface area is 191 Å². The fourth-order valence-corrected chi connectivity index (χ4v) is 4.12. The van der Waals surface area contributed by atoms with Gasteiger partial charge in [0.05, 0.1) is 17.8 Å². The molecule has 0 atom stereocenters. The Bertz CT molecular complexity index is 1190. The molecule has 0 radical (unpaired) electrons. The van der Waals surface area contributed by atoms with E-state index in [1.54, 1.807) is 42.1 Å². The summed E-state index contributed by atoms with van der Waals surface area (Å²) in [6, 6.07) is 16.6. The molecule has 0 fully saturated rings. The van der Waals surface area contributed by atoms with Crippen molar-refractivity contribution in [1.29, 1.82) is 5.26 Å². The summed E-state index contributed by atoms with van der Waals surface area (Å²) in [5, 5.41) is 9.65. The molecule has 2 aromatic carbocycles. The van der Waals surface area contributed by atoms with Gasteiger partial charge < -0.3 is 19.4 Å². The molecular formula is C25H22N4O4. The van der Waals surface area contributed by atoms with Gasteiger partial charge in [-0.05, 0) is 18.2 Å². The monoisotopic (exact) mass is 442 g/mol. The van der Waals surface area contributed by atoms with Crippen LogP contribution in [-0.4, -0.2) is 49.8 Å². The molecule has 0 unspecified atom stereocenters. The minimum atomic E-state index is -0.640. The maximum absolute atomic E-state index is 12.7. The first-order valence-corrected chi connectivity index (χ1v) is 10.3. The van der Waals surface area contributed by atoms with E-state index in [0.717, 1.165) is 16.9 Å². The first kappa shape index (κ1) is 21.8. The molecule has 8 heteroatoms. The van der Waals surface area contributed by atoms with Crippen molar-refractivity contribution in [2.24, 2.45) is 0 Å². The van der Waals surface area contributed by atoms with Gasteiger partial charge in [0.25, 0.3) is 5.91 Å². The van der Waals surface area contributed by atoms with Gasteiger partial charge in [-0.25, -0.2) is 0 Å². The predicted molar refractivity (Wildman–Crippen MR) is 123 cm³/mol. The summed E-state index contributed by atoms with van der Waals surface area (Å²) >= 11 is 0. The van der Waals surface area contributed by atoms with Gasteiger partial charge in [0, 0.05) is 37.5 Å². The van der Waals surface area contributed by atoms with Crippen LogP contribution in [0.1, 0.15) is 22.3 Å². The maximum atomic E-state index is 12.7. The molecule has 166 valence electrons. The molecule has 4 rings (SSSR count). The van der Waals surface area contributed by atoms with Crippen LogP contribution in [0.15, 0.2) is 66.5 Å². The third-order valence-electron chi connectivity index (χ3n) is 5.80. The number of esters is 1. The highest BCUT2D eigenvalue weighted by Gasteiger charge is 2.32. The Morgan fingerprint density at radius 2 is 1.58 bits per heavy atom. The summed E-state index contributed by atoms with van der Waals surface area (Å²) in [6.45, 7) is 3.47. The summed E-state index contributed by atoms with van der Waals surface area (Å²) < 4.78 is 5.12. The highest BCUT2D eigenvalue weighted by atomic mass is 16.5. The van der Waals surface area contributed by atoms with Crippen LogP contribution in [0.2, 0.25) is 0 Å². The zero-order chi connectivity index (χ0) is 23.7. The van der Waals surface area contributed by atoms with Crippen LogP contribution in [0, 0.1) is 11.3 Å². The topological polar surface area (TPSA) is 93.9 Å². The number of anilines is 2. The van der Waals surface area contributed by atoms with Gasteiger partial charge in [-0.2, -0.15) is 5.26 Å². The van der Waals surface area contributed by atoms with E-state index in [2.05, 4.69) is 6.58 Å². The summed E-state index contributed by atoms with van der Waals surface area (Å²) in [6.07, 6.45) is -0.101. The second-order valence-corrected chi connectivity index (χ2v) is 7.70. The number of Topliss-reactive ketones (excluding diaryl/α,β-unsaturated/α-hetero) is 1. The molecular weight excluding hydrogens is 420 g/mol. The number of hydrogen-bond donors (Lipinski definition) is 0. The van der Waals surface area contributed by atoms with Gasteiger partial charge in [-0.1, -0.05) is 36.9 Å². The van der Waals surface area contributed by atoms with Crippen molar-refractivity contribution in [3.05, 3.63) is 77.6 Å². The van der Waals surface area contributed by atoms with E-state index in [9.17, 15) is 19.6 Å². The van der Waals surface area contributed by atoms with Crippen molar-refractivity contribution in [2.45, 2.75) is 6.42 Å². The molecule has 0 aliphatic carbocycles. The molecule has 2 heterocycles. The van der Waals surface area contributed by atoms with E-state index in [1.807, 2.05) is 36.4 Å². The third-order valence-corrected chi connectivity index (χ3v) is 5.80. The number of fused-ring (bicyclic) bond motifs is 2. The quantitative estimate of drug-likeness (QED) is 0.386. The van der Waals surface area contributed by atoms with Crippen molar-refractivity contribution < 1.29 is 19.1 Å². The van der Waals surface area contributed by atoms with E-state index in [4.69, 9.17) is 4.74 Å². The molecule has 2 aromatic rings. The van der Waals surface area contributed by atoms with Crippen molar-refractivity contribution in [2.75, 3.05) is 37.0 Å². The minimum absolute atomic E-state index is 0.0896. The van der Waals surface area contributed by atoms with E-state index >= 15 is 0 Å². The summed E-state index contributed by atoms with van der Waals surface area (Å²) in [7, 11) is 3.54. The first-order valence-electron chi connectivity index (χ1n) is 10.3. The van der Waals surface area contributed by atoms with Crippen LogP contribution < -0.4 is 9.80 Å². The van der Waals surface area contributed by atoms with E-state index in [0.29, 0.717) is 17.1 Å². The number of nitriles is 1. The number of ketones is 1.